The van der Waals surface area contributed by atoms with E-state index in [0.29, 0.717) is 0 Å². The Bertz CT molecular complexity index is 216. The number of allylic oxidation sites excluding steroid dienone is 1. The van der Waals surface area contributed by atoms with Crippen LogP contribution in [0.2, 0.25) is 0 Å². The molecule has 4 heteroatoms. The number of nitrogens with zero attached hydrogens (tertiary/aromatic N) is 2. The maximum atomic E-state index is 6.08. The Kier molecular flexibility index (Phi) is 4.25. The highest BCUT2D eigenvalue weighted by atomic mass is 35.5. The van der Waals surface area contributed by atoms with E-state index < -0.39 is 0 Å². The van der Waals surface area contributed by atoms with Gasteiger partial charge in [0.05, 0.1) is 13.2 Å². The third kappa shape index (κ3) is 3.79. The topological polar surface area (TPSA) is 15.5 Å². The average Bonchev–Trinajstić information content (AvgIpc) is 2.15. The van der Waals surface area contributed by atoms with E-state index in [2.05, 4.69) is 4.90 Å². The summed E-state index contributed by atoms with van der Waals surface area (Å²) < 4.78 is 7.19. The lowest BCUT2D eigenvalue weighted by atomic mass is 10.4. The van der Waals surface area contributed by atoms with Gasteiger partial charge in [0.25, 0.3) is 0 Å². The molecule has 1 heterocycles. The molecule has 13 heavy (non-hydrogen) atoms. The van der Waals surface area contributed by atoms with Crippen molar-refractivity contribution in [3.05, 3.63) is 11.2 Å². The number of hydrogen-bond donors (Lipinski definition) is 0. The first-order chi connectivity index (χ1) is 6.20. The molecule has 0 aromatic rings. The van der Waals surface area contributed by atoms with Gasteiger partial charge in [-0.1, -0.05) is 11.6 Å². The van der Waals surface area contributed by atoms with Crippen molar-refractivity contribution >= 4 is 17.8 Å². The maximum absolute atomic E-state index is 6.08. The molecule has 3 nitrogen and oxygen atoms in total. The van der Waals surface area contributed by atoms with Crippen LogP contribution < -0.4 is 0 Å². The van der Waals surface area contributed by atoms with Crippen LogP contribution in [0, 0.1) is 0 Å². The highest BCUT2D eigenvalue weighted by Crippen LogP contribution is 2.10. The minimum atomic E-state index is 0.770. The fourth-order valence-corrected chi connectivity index (χ4v) is 1.32. The first-order valence-electron chi connectivity index (χ1n) is 4.40. The van der Waals surface area contributed by atoms with E-state index >= 15 is 0 Å². The lowest BCUT2D eigenvalue weighted by molar-refractivity contribution is -0.458. The number of halogens is 1. The Hall–Kier alpha value is -0.540. The van der Waals surface area contributed by atoms with Gasteiger partial charge in [0.2, 0.25) is 0 Å². The van der Waals surface area contributed by atoms with Crippen LogP contribution in [-0.4, -0.2) is 56.1 Å². The van der Waals surface area contributed by atoms with Crippen molar-refractivity contribution < 1.29 is 9.31 Å². The minimum Gasteiger partial charge on any atom is -0.378 e. The largest absolute Gasteiger partial charge is 0.378 e. The van der Waals surface area contributed by atoms with E-state index in [1.165, 1.54) is 0 Å². The Balaban J connectivity index is 2.49. The van der Waals surface area contributed by atoms with E-state index in [9.17, 15) is 0 Å². The molecule has 0 aromatic heterocycles. The van der Waals surface area contributed by atoms with Gasteiger partial charge in [-0.25, -0.2) is 4.58 Å². The van der Waals surface area contributed by atoms with Gasteiger partial charge in [0, 0.05) is 19.2 Å². The molecule has 1 rings (SSSR count). The van der Waals surface area contributed by atoms with Crippen molar-refractivity contribution in [2.45, 2.75) is 0 Å². The molecule has 1 fully saturated rings. The molecule has 0 aromatic carbocycles. The summed E-state index contributed by atoms with van der Waals surface area (Å²) in [6.07, 6.45) is 3.85. The fourth-order valence-electron chi connectivity index (χ4n) is 1.09. The minimum absolute atomic E-state index is 0.770. The van der Waals surface area contributed by atoms with Crippen LogP contribution >= 0.6 is 11.6 Å². The van der Waals surface area contributed by atoms with Crippen LogP contribution in [0.3, 0.4) is 0 Å². The molecule has 0 saturated carbocycles. The molecule has 0 spiro atoms. The maximum Gasteiger partial charge on any atom is 0.165 e. The van der Waals surface area contributed by atoms with Crippen LogP contribution in [0.1, 0.15) is 0 Å². The van der Waals surface area contributed by atoms with E-state index in [-0.39, 0.29) is 0 Å². The zero-order valence-electron chi connectivity index (χ0n) is 8.16. The standard InChI is InChI=1S/C9H16ClN2O/c1-11(2)4-3-9(10)12-5-7-13-8-6-12/h3-4H,5-8H2,1-2H3/q+1. The summed E-state index contributed by atoms with van der Waals surface area (Å²) in [4.78, 5) is 2.12. The molecule has 1 aliphatic rings. The van der Waals surface area contributed by atoms with Crippen molar-refractivity contribution in [3.63, 3.8) is 0 Å². The van der Waals surface area contributed by atoms with Gasteiger partial charge in [-0.15, -0.1) is 0 Å². The molecule has 1 saturated heterocycles. The van der Waals surface area contributed by atoms with E-state index in [1.54, 1.807) is 0 Å². The number of ether oxygens (including phenoxy) is 1. The first-order valence-corrected chi connectivity index (χ1v) is 4.77. The third-order valence-corrected chi connectivity index (χ3v) is 2.19. The first kappa shape index (κ1) is 10.5. The number of hydrogen-bond acceptors (Lipinski definition) is 2. The predicted octanol–water partition coefficient (Wildman–Crippen LogP) is 0.742. The predicted molar refractivity (Wildman–Crippen MR) is 54.5 cm³/mol. The van der Waals surface area contributed by atoms with Crippen LogP contribution in [-0.2, 0) is 4.74 Å². The fraction of sp³-hybridized carbons (Fsp3) is 0.667. The lowest BCUT2D eigenvalue weighted by Crippen LogP contribution is -2.34. The normalized spacial score (nSPS) is 18.7. The van der Waals surface area contributed by atoms with Crippen LogP contribution in [0.5, 0.6) is 0 Å². The summed E-state index contributed by atoms with van der Waals surface area (Å²) in [7, 11) is 3.94. The average molecular weight is 204 g/mol. The molecule has 0 N–H and O–H groups in total. The number of morpholine rings is 1. The molecule has 0 amide bonds. The second kappa shape index (κ2) is 5.25. The monoisotopic (exact) mass is 203 g/mol. The van der Waals surface area contributed by atoms with Crippen molar-refractivity contribution in [1.82, 2.24) is 4.90 Å². The second-order valence-corrected chi connectivity index (χ2v) is 3.59. The van der Waals surface area contributed by atoms with E-state index in [0.717, 1.165) is 31.5 Å². The molecule has 0 radical (unpaired) electrons. The van der Waals surface area contributed by atoms with Gasteiger partial charge in [-0.05, 0) is 0 Å². The Labute approximate surface area is 84.2 Å². The van der Waals surface area contributed by atoms with Crippen LogP contribution in [0.15, 0.2) is 11.2 Å². The van der Waals surface area contributed by atoms with Crippen LogP contribution in [0.4, 0.5) is 0 Å². The molecular formula is C9H16ClN2O+. The van der Waals surface area contributed by atoms with Gasteiger partial charge in [-0.2, -0.15) is 0 Å². The van der Waals surface area contributed by atoms with Crippen molar-refractivity contribution in [1.29, 1.82) is 0 Å². The van der Waals surface area contributed by atoms with Gasteiger partial charge >= 0.3 is 0 Å². The van der Waals surface area contributed by atoms with E-state index in [4.69, 9.17) is 16.3 Å². The summed E-state index contributed by atoms with van der Waals surface area (Å²) >= 11 is 6.08. The second-order valence-electron chi connectivity index (χ2n) is 3.20. The quantitative estimate of drug-likeness (QED) is 0.374. The van der Waals surface area contributed by atoms with E-state index in [1.807, 2.05) is 31.0 Å². The molecule has 74 valence electrons. The zero-order chi connectivity index (χ0) is 9.68. The smallest absolute Gasteiger partial charge is 0.165 e. The molecule has 1 aliphatic heterocycles. The van der Waals surface area contributed by atoms with Crippen molar-refractivity contribution in [2.75, 3.05) is 40.4 Å². The Morgan fingerprint density at radius 2 is 2.00 bits per heavy atom. The molecular weight excluding hydrogens is 188 g/mol. The summed E-state index contributed by atoms with van der Waals surface area (Å²) in [6, 6.07) is 0. The molecule has 0 unspecified atom stereocenters. The SMILES string of the molecule is C[N+](C)=C/C=C(\Cl)N1CCOCC1. The van der Waals surface area contributed by atoms with Gasteiger partial charge in [-0.3, -0.25) is 0 Å². The summed E-state index contributed by atoms with van der Waals surface area (Å²) in [6.45, 7) is 3.31. The highest BCUT2D eigenvalue weighted by molar-refractivity contribution is 6.30. The summed E-state index contributed by atoms with van der Waals surface area (Å²) in [5, 5.41) is 0.789. The third-order valence-electron chi connectivity index (χ3n) is 1.82. The molecule has 0 aliphatic carbocycles. The number of rotatable bonds is 2. The summed E-state index contributed by atoms with van der Waals surface area (Å²) in [5.41, 5.74) is 0. The van der Waals surface area contributed by atoms with Gasteiger partial charge < -0.3 is 9.64 Å². The van der Waals surface area contributed by atoms with Crippen LogP contribution in [0.25, 0.3) is 0 Å². The Morgan fingerprint density at radius 1 is 1.38 bits per heavy atom. The zero-order valence-corrected chi connectivity index (χ0v) is 8.92. The molecule has 0 bridgehead atoms. The van der Waals surface area contributed by atoms with Gasteiger partial charge in [0.15, 0.2) is 6.21 Å². The van der Waals surface area contributed by atoms with Crippen molar-refractivity contribution in [2.24, 2.45) is 0 Å². The van der Waals surface area contributed by atoms with Gasteiger partial charge in [0.1, 0.15) is 19.3 Å². The molecule has 0 atom stereocenters. The van der Waals surface area contributed by atoms with Crippen molar-refractivity contribution in [3.8, 4) is 0 Å². The Morgan fingerprint density at radius 3 is 2.54 bits per heavy atom. The highest BCUT2D eigenvalue weighted by Gasteiger charge is 2.11. The lowest BCUT2D eigenvalue weighted by Gasteiger charge is -2.27. The summed E-state index contributed by atoms with van der Waals surface area (Å²) in [5.74, 6) is 0.